The molecule has 0 fully saturated rings. The van der Waals surface area contributed by atoms with Crippen molar-refractivity contribution in [3.63, 3.8) is 0 Å². The number of aliphatic hydroxyl groups is 1. The lowest BCUT2D eigenvalue weighted by Crippen LogP contribution is -2.12. The Balaban J connectivity index is 2.09. The molecule has 0 unspecified atom stereocenters. The third kappa shape index (κ3) is 8.83. The Morgan fingerprint density at radius 3 is 2.12 bits per heavy atom. The van der Waals surface area contributed by atoms with Gasteiger partial charge in [-0.15, -0.1) is 10.1 Å². The van der Waals surface area contributed by atoms with Crippen LogP contribution in [0.5, 0.6) is 0 Å². The van der Waals surface area contributed by atoms with E-state index in [0.29, 0.717) is 36.0 Å². The number of hydrogen-bond donors (Lipinski definition) is 1. The van der Waals surface area contributed by atoms with E-state index >= 15 is 0 Å². The van der Waals surface area contributed by atoms with Gasteiger partial charge in [0.05, 0.1) is 24.7 Å². The van der Waals surface area contributed by atoms with Gasteiger partial charge >= 0.3 is 6.16 Å². The van der Waals surface area contributed by atoms with E-state index in [1.807, 2.05) is 6.07 Å². The molecule has 184 valence electrons. The average Bonchev–Trinajstić information content (AvgIpc) is 2.81. The molecule has 0 spiro atoms. The van der Waals surface area contributed by atoms with E-state index in [-0.39, 0.29) is 31.3 Å². The van der Waals surface area contributed by atoms with Crippen LogP contribution in [0.4, 0.5) is 4.79 Å². The topological polar surface area (TPSA) is 142 Å². The fourth-order valence-electron chi connectivity index (χ4n) is 3.10. The van der Waals surface area contributed by atoms with Gasteiger partial charge < -0.3 is 19.4 Å². The van der Waals surface area contributed by atoms with E-state index in [0.717, 1.165) is 11.8 Å². The summed E-state index contributed by atoms with van der Waals surface area (Å²) in [5.41, 5.74) is 2.33. The lowest BCUT2D eigenvalue weighted by molar-refractivity contribution is -0.757. The quantitative estimate of drug-likeness (QED) is 0.146. The van der Waals surface area contributed by atoms with Gasteiger partial charge in [0.1, 0.15) is 6.61 Å². The Labute approximate surface area is 197 Å². The number of hydrogen-bond acceptors (Lipinski definition) is 9. The maximum absolute atomic E-state index is 12.1. The lowest BCUT2D eigenvalue weighted by atomic mass is 9.95. The molecule has 0 saturated heterocycles. The van der Waals surface area contributed by atoms with E-state index in [1.165, 1.54) is 12.1 Å². The predicted octanol–water partition coefficient (Wildman–Crippen LogP) is 3.53. The van der Waals surface area contributed by atoms with Crippen molar-refractivity contribution in [1.82, 2.24) is 0 Å². The standard InChI is InChI=1S/C23H27NO9S/c1-34(29,30)20-12-10-19(11-13-20)22(21(16-25)18-8-4-2-5-9-18)17-32-23(26)31-14-6-3-7-15-33-24(27)28/h2,4-5,8-13,25H,3,6-7,14-17H2,1H3/b22-21+. The van der Waals surface area contributed by atoms with Crippen LogP contribution in [-0.2, 0) is 24.1 Å². The van der Waals surface area contributed by atoms with Crippen molar-refractivity contribution in [3.05, 3.63) is 75.8 Å². The molecular formula is C23H27NO9S. The van der Waals surface area contributed by atoms with Crippen molar-refractivity contribution < 1.29 is 37.7 Å². The second-order valence-electron chi connectivity index (χ2n) is 7.28. The summed E-state index contributed by atoms with van der Waals surface area (Å²) in [5, 5.41) is 19.3. The molecule has 0 aliphatic rings. The molecule has 10 nitrogen and oxygen atoms in total. The number of benzene rings is 2. The summed E-state index contributed by atoms with van der Waals surface area (Å²) >= 11 is 0. The molecule has 0 aliphatic carbocycles. The molecule has 0 atom stereocenters. The van der Waals surface area contributed by atoms with Gasteiger partial charge in [0.15, 0.2) is 9.84 Å². The van der Waals surface area contributed by atoms with E-state index in [9.17, 15) is 28.4 Å². The van der Waals surface area contributed by atoms with E-state index < -0.39 is 21.1 Å². The van der Waals surface area contributed by atoms with Crippen molar-refractivity contribution in [3.8, 4) is 0 Å². The summed E-state index contributed by atoms with van der Waals surface area (Å²) in [6.07, 6.45) is 1.71. The van der Waals surface area contributed by atoms with Crippen LogP contribution in [0.2, 0.25) is 0 Å². The maximum Gasteiger partial charge on any atom is 0.508 e. The predicted molar refractivity (Wildman–Crippen MR) is 124 cm³/mol. The Morgan fingerprint density at radius 2 is 1.53 bits per heavy atom. The number of unbranched alkanes of at least 4 members (excludes halogenated alkanes) is 2. The molecule has 0 aliphatic heterocycles. The van der Waals surface area contributed by atoms with Crippen LogP contribution in [0.25, 0.3) is 11.1 Å². The van der Waals surface area contributed by atoms with E-state index in [4.69, 9.17) is 9.47 Å². The minimum absolute atomic E-state index is 0.0207. The van der Waals surface area contributed by atoms with Crippen LogP contribution in [0, 0.1) is 10.1 Å². The van der Waals surface area contributed by atoms with Gasteiger partial charge in [-0.25, -0.2) is 13.2 Å². The van der Waals surface area contributed by atoms with Crippen LogP contribution < -0.4 is 0 Å². The SMILES string of the molecule is CS(=O)(=O)c1ccc(/C(COC(=O)OCCCCCO[N+](=O)[O-])=C(\CO)c2ccccc2)cc1. The summed E-state index contributed by atoms with van der Waals surface area (Å²) < 4.78 is 33.9. The molecular weight excluding hydrogens is 466 g/mol. The number of carbonyl (C=O) groups excluding carboxylic acids is 1. The highest BCUT2D eigenvalue weighted by molar-refractivity contribution is 7.90. The molecule has 1 N–H and O–H groups in total. The molecule has 2 aromatic rings. The van der Waals surface area contributed by atoms with Gasteiger partial charge in [-0.05, 0) is 48.1 Å². The van der Waals surface area contributed by atoms with Gasteiger partial charge in [-0.1, -0.05) is 42.5 Å². The summed E-state index contributed by atoms with van der Waals surface area (Å²) in [4.78, 5) is 26.5. The molecule has 34 heavy (non-hydrogen) atoms. The van der Waals surface area contributed by atoms with Crippen LogP contribution in [0.1, 0.15) is 30.4 Å². The van der Waals surface area contributed by atoms with Crippen molar-refractivity contribution in [1.29, 1.82) is 0 Å². The molecule has 0 aromatic heterocycles. The number of carbonyl (C=O) groups is 1. The zero-order chi connectivity index (χ0) is 25.0. The summed E-state index contributed by atoms with van der Waals surface area (Å²) in [7, 11) is -3.38. The Hall–Kier alpha value is -3.44. The normalized spacial score (nSPS) is 11.9. The maximum atomic E-state index is 12.1. The van der Waals surface area contributed by atoms with Crippen molar-refractivity contribution in [2.75, 3.05) is 32.7 Å². The summed E-state index contributed by atoms with van der Waals surface area (Å²) in [6, 6.07) is 15.1. The number of rotatable bonds is 13. The average molecular weight is 494 g/mol. The van der Waals surface area contributed by atoms with E-state index in [1.54, 1.807) is 36.4 Å². The third-order valence-corrected chi connectivity index (χ3v) is 5.94. The lowest BCUT2D eigenvalue weighted by Gasteiger charge is -2.16. The summed E-state index contributed by atoms with van der Waals surface area (Å²) in [6.45, 7) is -0.492. The first-order valence-electron chi connectivity index (χ1n) is 10.5. The second-order valence-corrected chi connectivity index (χ2v) is 9.30. The Morgan fingerprint density at radius 1 is 0.912 bits per heavy atom. The number of aliphatic hydroxyl groups excluding tert-OH is 1. The van der Waals surface area contributed by atoms with Crippen LogP contribution in [0.3, 0.4) is 0 Å². The number of nitrogens with zero attached hydrogens (tertiary/aromatic N) is 1. The monoisotopic (exact) mass is 493 g/mol. The molecule has 0 radical (unpaired) electrons. The highest BCUT2D eigenvalue weighted by Gasteiger charge is 2.16. The zero-order valence-corrected chi connectivity index (χ0v) is 19.5. The van der Waals surface area contributed by atoms with Gasteiger partial charge in [-0.2, -0.15) is 0 Å². The molecule has 2 rings (SSSR count). The third-order valence-electron chi connectivity index (χ3n) is 4.82. The first-order chi connectivity index (χ1) is 16.2. The van der Waals surface area contributed by atoms with Gasteiger partial charge in [0.25, 0.3) is 5.09 Å². The fraction of sp³-hybridized carbons (Fsp3) is 0.348. The summed E-state index contributed by atoms with van der Waals surface area (Å²) in [5.74, 6) is 0. The van der Waals surface area contributed by atoms with Gasteiger partial charge in [0.2, 0.25) is 0 Å². The fourth-order valence-corrected chi connectivity index (χ4v) is 3.73. The minimum atomic E-state index is -3.38. The highest BCUT2D eigenvalue weighted by atomic mass is 32.2. The highest BCUT2D eigenvalue weighted by Crippen LogP contribution is 2.27. The number of sulfone groups is 1. The van der Waals surface area contributed by atoms with Crippen molar-refractivity contribution in [2.45, 2.75) is 24.2 Å². The van der Waals surface area contributed by atoms with Crippen molar-refractivity contribution >= 4 is 27.1 Å². The molecule has 2 aromatic carbocycles. The molecule has 0 amide bonds. The molecule has 0 bridgehead atoms. The number of ether oxygens (including phenoxy) is 2. The van der Waals surface area contributed by atoms with E-state index in [2.05, 4.69) is 4.84 Å². The molecule has 0 heterocycles. The van der Waals surface area contributed by atoms with Crippen LogP contribution in [0.15, 0.2) is 59.5 Å². The smallest absolute Gasteiger partial charge is 0.434 e. The molecule has 11 heteroatoms. The van der Waals surface area contributed by atoms with Gasteiger partial charge in [-0.3, -0.25) is 0 Å². The van der Waals surface area contributed by atoms with Crippen LogP contribution in [-0.4, -0.2) is 57.4 Å². The molecule has 0 saturated carbocycles. The first-order valence-corrected chi connectivity index (χ1v) is 12.4. The largest absolute Gasteiger partial charge is 0.508 e. The van der Waals surface area contributed by atoms with Crippen molar-refractivity contribution in [2.24, 2.45) is 0 Å². The van der Waals surface area contributed by atoms with Gasteiger partial charge in [0, 0.05) is 11.8 Å². The minimum Gasteiger partial charge on any atom is -0.434 e. The second kappa shape index (κ2) is 13.3. The Bertz CT molecular complexity index is 1080. The first kappa shape index (κ1) is 26.8. The van der Waals surface area contributed by atoms with Crippen LogP contribution >= 0.6 is 0 Å². The zero-order valence-electron chi connectivity index (χ0n) is 18.7. The Kier molecular flexibility index (Phi) is 10.5.